The molecule has 0 radical (unpaired) electrons. The predicted molar refractivity (Wildman–Crippen MR) is 78.7 cm³/mol. The Morgan fingerprint density at radius 3 is 2.50 bits per heavy atom. The molecule has 2 aromatic rings. The molecule has 1 N–H and O–H groups in total. The molecule has 2 rings (SSSR count). The first-order valence-corrected chi connectivity index (χ1v) is 6.81. The van der Waals surface area contributed by atoms with Crippen molar-refractivity contribution in [2.24, 2.45) is 7.05 Å². The maximum atomic E-state index is 10.6. The third-order valence-electron chi connectivity index (χ3n) is 3.51. The Kier molecular flexibility index (Phi) is 4.23. The zero-order chi connectivity index (χ0) is 14.7. The van der Waals surface area contributed by atoms with Crippen LogP contribution in [0.15, 0.2) is 30.5 Å². The summed E-state index contributed by atoms with van der Waals surface area (Å²) in [7, 11) is 1.93. The van der Waals surface area contributed by atoms with E-state index in [0.29, 0.717) is 12.3 Å². The molecule has 0 amide bonds. The number of aryl methyl sites for hydroxylation is 1. The van der Waals surface area contributed by atoms with Gasteiger partial charge in [-0.25, -0.2) is 4.98 Å². The molecule has 20 heavy (non-hydrogen) atoms. The van der Waals surface area contributed by atoms with Crippen molar-refractivity contribution in [3.05, 3.63) is 41.7 Å². The summed E-state index contributed by atoms with van der Waals surface area (Å²) in [5.74, 6) is 0.603. The lowest BCUT2D eigenvalue weighted by Crippen LogP contribution is -2.03. The van der Waals surface area contributed by atoms with Crippen molar-refractivity contribution in [3.63, 3.8) is 0 Å². The van der Waals surface area contributed by atoms with E-state index < -0.39 is 5.97 Å². The number of carboxylic acid groups (broad SMARTS) is 1. The quantitative estimate of drug-likeness (QED) is 0.909. The minimum Gasteiger partial charge on any atom is -0.481 e. The van der Waals surface area contributed by atoms with Gasteiger partial charge in [-0.05, 0) is 17.9 Å². The fraction of sp³-hybridized carbons (Fsp3) is 0.375. The first-order valence-electron chi connectivity index (χ1n) is 6.81. The summed E-state index contributed by atoms with van der Waals surface area (Å²) < 4.78 is 1.97. The molecule has 0 atom stereocenters. The van der Waals surface area contributed by atoms with Gasteiger partial charge in [0.15, 0.2) is 0 Å². The van der Waals surface area contributed by atoms with Crippen LogP contribution in [0.3, 0.4) is 0 Å². The maximum Gasteiger partial charge on any atom is 0.303 e. The Bertz CT molecular complexity index is 597. The van der Waals surface area contributed by atoms with Crippen molar-refractivity contribution in [3.8, 4) is 11.4 Å². The Hall–Kier alpha value is -2.10. The van der Waals surface area contributed by atoms with Crippen LogP contribution in [-0.4, -0.2) is 20.6 Å². The molecule has 0 fully saturated rings. The summed E-state index contributed by atoms with van der Waals surface area (Å²) in [4.78, 5) is 15.0. The lowest BCUT2D eigenvalue weighted by atomic mass is 10.0. The van der Waals surface area contributed by atoms with E-state index in [-0.39, 0.29) is 6.42 Å². The molecular formula is C16H20N2O2. The largest absolute Gasteiger partial charge is 0.481 e. The van der Waals surface area contributed by atoms with Crippen LogP contribution in [0.2, 0.25) is 0 Å². The average molecular weight is 272 g/mol. The Morgan fingerprint density at radius 2 is 1.95 bits per heavy atom. The highest BCUT2D eigenvalue weighted by Crippen LogP contribution is 2.22. The van der Waals surface area contributed by atoms with E-state index in [1.165, 1.54) is 5.56 Å². The average Bonchev–Trinajstić information content (AvgIpc) is 2.78. The van der Waals surface area contributed by atoms with Crippen molar-refractivity contribution in [1.29, 1.82) is 0 Å². The molecule has 0 unspecified atom stereocenters. The summed E-state index contributed by atoms with van der Waals surface area (Å²) >= 11 is 0. The molecule has 0 spiro atoms. The highest BCUT2D eigenvalue weighted by atomic mass is 16.4. The summed E-state index contributed by atoms with van der Waals surface area (Å²) in [5, 5.41) is 8.74. The normalized spacial score (nSPS) is 11.0. The van der Waals surface area contributed by atoms with E-state index >= 15 is 0 Å². The van der Waals surface area contributed by atoms with Crippen LogP contribution in [0.1, 0.15) is 37.4 Å². The van der Waals surface area contributed by atoms with Gasteiger partial charge in [-0.2, -0.15) is 0 Å². The number of nitrogens with zero attached hydrogens (tertiary/aromatic N) is 2. The van der Waals surface area contributed by atoms with Gasteiger partial charge in [-0.1, -0.05) is 38.1 Å². The molecule has 0 bridgehead atoms. The molecule has 0 aliphatic carbocycles. The molecule has 0 saturated heterocycles. The van der Waals surface area contributed by atoms with Crippen molar-refractivity contribution in [1.82, 2.24) is 9.55 Å². The number of benzene rings is 1. The van der Waals surface area contributed by atoms with Gasteiger partial charge in [0.2, 0.25) is 0 Å². The first kappa shape index (κ1) is 14.3. The molecule has 1 heterocycles. The zero-order valence-corrected chi connectivity index (χ0v) is 12.1. The summed E-state index contributed by atoms with van der Waals surface area (Å²) in [6, 6.07) is 8.37. The van der Waals surface area contributed by atoms with E-state index in [1.54, 1.807) is 6.20 Å². The van der Waals surface area contributed by atoms with E-state index in [0.717, 1.165) is 17.1 Å². The number of imidazole rings is 1. The molecule has 1 aromatic carbocycles. The Morgan fingerprint density at radius 1 is 1.30 bits per heavy atom. The number of carboxylic acids is 1. The molecular weight excluding hydrogens is 252 g/mol. The second-order valence-corrected chi connectivity index (χ2v) is 5.30. The van der Waals surface area contributed by atoms with E-state index in [4.69, 9.17) is 5.11 Å². The highest BCUT2D eigenvalue weighted by molar-refractivity contribution is 5.67. The maximum absolute atomic E-state index is 10.6. The van der Waals surface area contributed by atoms with Crippen molar-refractivity contribution in [2.75, 3.05) is 0 Å². The second kappa shape index (κ2) is 5.90. The second-order valence-electron chi connectivity index (χ2n) is 5.30. The predicted octanol–water partition coefficient (Wildman–Crippen LogP) is 3.23. The van der Waals surface area contributed by atoms with E-state index in [2.05, 4.69) is 43.1 Å². The van der Waals surface area contributed by atoms with Gasteiger partial charge >= 0.3 is 5.97 Å². The molecule has 4 heteroatoms. The summed E-state index contributed by atoms with van der Waals surface area (Å²) in [6.45, 7) is 4.33. The number of aromatic nitrogens is 2. The Balaban J connectivity index is 2.22. The van der Waals surface area contributed by atoms with Gasteiger partial charge in [-0.3, -0.25) is 4.79 Å². The molecule has 0 aliphatic rings. The van der Waals surface area contributed by atoms with E-state index in [9.17, 15) is 4.79 Å². The third-order valence-corrected chi connectivity index (χ3v) is 3.51. The summed E-state index contributed by atoms with van der Waals surface area (Å²) in [5.41, 5.74) is 3.29. The van der Waals surface area contributed by atoms with Crippen LogP contribution < -0.4 is 0 Å². The smallest absolute Gasteiger partial charge is 0.303 e. The van der Waals surface area contributed by atoms with Crippen molar-refractivity contribution in [2.45, 2.75) is 32.6 Å². The van der Waals surface area contributed by atoms with Gasteiger partial charge in [0.1, 0.15) is 5.82 Å². The number of aliphatic carboxylic acids is 1. The van der Waals surface area contributed by atoms with Crippen LogP contribution in [0, 0.1) is 0 Å². The minimum atomic E-state index is -0.783. The highest BCUT2D eigenvalue weighted by Gasteiger charge is 2.10. The topological polar surface area (TPSA) is 55.1 Å². The van der Waals surface area contributed by atoms with E-state index in [1.807, 2.05) is 11.6 Å². The fourth-order valence-electron chi connectivity index (χ4n) is 2.20. The summed E-state index contributed by atoms with van der Waals surface area (Å²) in [6.07, 6.45) is 2.39. The van der Waals surface area contributed by atoms with Crippen LogP contribution in [0.4, 0.5) is 0 Å². The first-order chi connectivity index (χ1) is 9.49. The number of hydrogen-bond acceptors (Lipinski definition) is 2. The number of hydrogen-bond donors (Lipinski definition) is 1. The standard InChI is InChI=1S/C16H20N2O2/c1-11(2)12-4-6-13(7-5-12)16-17-10-14(18(16)3)8-9-15(19)20/h4-7,10-11H,8-9H2,1-3H3,(H,19,20). The number of rotatable bonds is 5. The van der Waals surface area contributed by atoms with Crippen LogP contribution in [0.25, 0.3) is 11.4 Å². The molecule has 0 aliphatic heterocycles. The monoisotopic (exact) mass is 272 g/mol. The fourth-order valence-corrected chi connectivity index (χ4v) is 2.20. The van der Waals surface area contributed by atoms with Crippen LogP contribution in [0.5, 0.6) is 0 Å². The number of carbonyl (C=O) groups is 1. The Labute approximate surface area is 119 Å². The van der Waals surface area contributed by atoms with Gasteiger partial charge in [-0.15, -0.1) is 0 Å². The van der Waals surface area contributed by atoms with Crippen LogP contribution in [-0.2, 0) is 18.3 Å². The lowest BCUT2D eigenvalue weighted by molar-refractivity contribution is -0.136. The third kappa shape index (κ3) is 3.07. The van der Waals surface area contributed by atoms with Gasteiger partial charge in [0.05, 0.1) is 6.42 Å². The van der Waals surface area contributed by atoms with Crippen LogP contribution >= 0.6 is 0 Å². The van der Waals surface area contributed by atoms with Gasteiger partial charge < -0.3 is 9.67 Å². The van der Waals surface area contributed by atoms with Gasteiger partial charge in [0, 0.05) is 24.5 Å². The molecule has 4 nitrogen and oxygen atoms in total. The van der Waals surface area contributed by atoms with Gasteiger partial charge in [0.25, 0.3) is 0 Å². The zero-order valence-electron chi connectivity index (χ0n) is 12.1. The van der Waals surface area contributed by atoms with Crippen molar-refractivity contribution < 1.29 is 9.90 Å². The minimum absolute atomic E-state index is 0.130. The molecule has 106 valence electrons. The SMILES string of the molecule is CC(C)c1ccc(-c2ncc(CCC(=O)O)n2C)cc1. The lowest BCUT2D eigenvalue weighted by Gasteiger charge is -2.08. The van der Waals surface area contributed by atoms with Crippen molar-refractivity contribution >= 4 is 5.97 Å². The molecule has 1 aromatic heterocycles. The molecule has 0 saturated carbocycles.